The van der Waals surface area contributed by atoms with Crippen molar-refractivity contribution in [2.45, 2.75) is 11.3 Å². The summed E-state index contributed by atoms with van der Waals surface area (Å²) in [6, 6.07) is 7.04. The van der Waals surface area contributed by atoms with E-state index in [-0.39, 0.29) is 22.8 Å². The number of hydrogen-bond acceptors (Lipinski definition) is 4. The van der Waals surface area contributed by atoms with Crippen LogP contribution in [0.4, 0.5) is 5.69 Å². The molecular formula is C11H11ClN2O2S2. The molecule has 1 aromatic rings. The number of sulfone groups is 1. The first-order chi connectivity index (χ1) is 8.46. The van der Waals surface area contributed by atoms with Crippen LogP contribution in [0.1, 0.15) is 0 Å². The molecule has 0 amide bonds. The van der Waals surface area contributed by atoms with E-state index in [1.54, 1.807) is 17.0 Å². The maximum Gasteiger partial charge on any atom is 0.161 e. The van der Waals surface area contributed by atoms with E-state index >= 15 is 0 Å². The van der Waals surface area contributed by atoms with Crippen molar-refractivity contribution < 1.29 is 8.42 Å². The average Bonchev–Trinajstić information content (AvgIpc) is 2.70. The van der Waals surface area contributed by atoms with Gasteiger partial charge in [0, 0.05) is 16.0 Å². The number of benzene rings is 1. The number of fused-ring (bicyclic) bond motifs is 1. The minimum absolute atomic E-state index is 0.0156. The zero-order chi connectivity index (χ0) is 12.9. The van der Waals surface area contributed by atoms with Gasteiger partial charge in [-0.1, -0.05) is 23.4 Å². The molecule has 2 saturated heterocycles. The van der Waals surface area contributed by atoms with Crippen LogP contribution in [-0.2, 0) is 9.84 Å². The molecular weight excluding hydrogens is 292 g/mol. The summed E-state index contributed by atoms with van der Waals surface area (Å²) in [6.45, 7) is 0. The number of nitrogens with one attached hydrogen (secondary N) is 1. The maximum atomic E-state index is 11.7. The van der Waals surface area contributed by atoms with Crippen LogP contribution >= 0.6 is 23.4 Å². The van der Waals surface area contributed by atoms with Crippen molar-refractivity contribution in [2.75, 3.05) is 16.4 Å². The molecule has 7 heteroatoms. The second kappa shape index (κ2) is 4.15. The highest BCUT2D eigenvalue weighted by Crippen LogP contribution is 2.40. The minimum atomic E-state index is -2.96. The van der Waals surface area contributed by atoms with Crippen LogP contribution in [0.2, 0.25) is 5.02 Å². The summed E-state index contributed by atoms with van der Waals surface area (Å²) in [7, 11) is -2.96. The third-order valence-corrected chi connectivity index (χ3v) is 6.57. The molecule has 2 fully saturated rings. The van der Waals surface area contributed by atoms with E-state index in [1.807, 2.05) is 12.1 Å². The molecule has 3 rings (SSSR count). The van der Waals surface area contributed by atoms with E-state index < -0.39 is 9.84 Å². The number of thioether (sulfide) groups is 1. The maximum absolute atomic E-state index is 11.7. The summed E-state index contributed by atoms with van der Waals surface area (Å²) in [6.07, 6.45) is 0. The van der Waals surface area contributed by atoms with E-state index in [0.29, 0.717) is 10.2 Å². The van der Waals surface area contributed by atoms with Crippen LogP contribution in [-0.4, -0.2) is 36.4 Å². The Labute approximate surface area is 115 Å². The number of hydrogen-bond donors (Lipinski definition) is 1. The monoisotopic (exact) mass is 302 g/mol. The standard InChI is InChI=1S/C11H11ClN2O2S2/c12-7-1-3-8(4-2-7)14-9-5-18(15,16)6-10(9)17-11(14)13/h1-4,9-10,13H,5-6H2/t9-,10+/m1/s1. The molecule has 2 heterocycles. The Kier molecular flexibility index (Phi) is 2.84. The number of amidine groups is 1. The van der Waals surface area contributed by atoms with Crippen molar-refractivity contribution >= 4 is 44.1 Å². The molecule has 2 aliphatic heterocycles. The molecule has 0 aromatic heterocycles. The summed E-state index contributed by atoms with van der Waals surface area (Å²) >= 11 is 7.18. The Bertz CT molecular complexity index is 600. The largest absolute Gasteiger partial charge is 0.316 e. The van der Waals surface area contributed by atoms with Crippen molar-refractivity contribution in [3.05, 3.63) is 29.3 Å². The van der Waals surface area contributed by atoms with Gasteiger partial charge < -0.3 is 4.90 Å². The molecule has 0 radical (unpaired) electrons. The second-order valence-corrected chi connectivity index (χ2v) is 8.27. The van der Waals surface area contributed by atoms with Gasteiger partial charge in [0.2, 0.25) is 0 Å². The highest BCUT2D eigenvalue weighted by Gasteiger charge is 2.48. The van der Waals surface area contributed by atoms with Crippen molar-refractivity contribution in [3.63, 3.8) is 0 Å². The zero-order valence-electron chi connectivity index (χ0n) is 9.34. The second-order valence-electron chi connectivity index (χ2n) is 4.45. The molecule has 4 nitrogen and oxygen atoms in total. The zero-order valence-corrected chi connectivity index (χ0v) is 11.7. The van der Waals surface area contributed by atoms with Crippen molar-refractivity contribution in [1.82, 2.24) is 0 Å². The normalized spacial score (nSPS) is 29.6. The lowest BCUT2D eigenvalue weighted by Crippen LogP contribution is -2.37. The molecule has 0 unspecified atom stereocenters. The predicted molar refractivity (Wildman–Crippen MR) is 75.5 cm³/mol. The number of rotatable bonds is 1. The van der Waals surface area contributed by atoms with Gasteiger partial charge in [-0.15, -0.1) is 0 Å². The molecule has 0 saturated carbocycles. The fraction of sp³-hybridized carbons (Fsp3) is 0.364. The first-order valence-corrected chi connectivity index (χ1v) is 8.55. The van der Waals surface area contributed by atoms with Gasteiger partial charge in [-0.2, -0.15) is 0 Å². The molecule has 0 bridgehead atoms. The topological polar surface area (TPSA) is 61.2 Å². The highest BCUT2D eigenvalue weighted by molar-refractivity contribution is 8.15. The first kappa shape index (κ1) is 12.3. The van der Waals surface area contributed by atoms with Crippen LogP contribution in [0.3, 0.4) is 0 Å². The SMILES string of the molecule is N=C1S[C@H]2CS(=O)(=O)C[C@H]2N1c1ccc(Cl)cc1. The molecule has 96 valence electrons. The predicted octanol–water partition coefficient (Wildman–Crippen LogP) is 1.99. The van der Waals surface area contributed by atoms with E-state index in [2.05, 4.69) is 0 Å². The Hall–Kier alpha value is -0.720. The Morgan fingerprint density at radius 2 is 1.94 bits per heavy atom. The van der Waals surface area contributed by atoms with Gasteiger partial charge in [0.1, 0.15) is 0 Å². The molecule has 0 aliphatic carbocycles. The Morgan fingerprint density at radius 3 is 2.61 bits per heavy atom. The van der Waals surface area contributed by atoms with Gasteiger partial charge in [-0.3, -0.25) is 5.41 Å². The van der Waals surface area contributed by atoms with Gasteiger partial charge in [-0.25, -0.2) is 8.42 Å². The summed E-state index contributed by atoms with van der Waals surface area (Å²) in [5.74, 6) is 0.310. The quantitative estimate of drug-likeness (QED) is 0.862. The fourth-order valence-electron chi connectivity index (χ4n) is 2.41. The van der Waals surface area contributed by atoms with E-state index in [9.17, 15) is 8.42 Å². The number of anilines is 1. The van der Waals surface area contributed by atoms with Crippen molar-refractivity contribution in [2.24, 2.45) is 0 Å². The lowest BCUT2D eigenvalue weighted by atomic mass is 10.2. The van der Waals surface area contributed by atoms with Crippen LogP contribution in [0.5, 0.6) is 0 Å². The average molecular weight is 303 g/mol. The van der Waals surface area contributed by atoms with E-state index in [0.717, 1.165) is 5.69 Å². The van der Waals surface area contributed by atoms with Crippen molar-refractivity contribution in [3.8, 4) is 0 Å². The third kappa shape index (κ3) is 2.02. The molecule has 1 aromatic carbocycles. The number of nitrogens with zero attached hydrogens (tertiary/aromatic N) is 1. The lowest BCUT2D eigenvalue weighted by molar-refractivity contribution is 0.601. The molecule has 1 N–H and O–H groups in total. The minimum Gasteiger partial charge on any atom is -0.316 e. The number of halogens is 1. The van der Waals surface area contributed by atoms with Crippen LogP contribution in [0.15, 0.2) is 24.3 Å². The lowest BCUT2D eigenvalue weighted by Gasteiger charge is -2.23. The van der Waals surface area contributed by atoms with Gasteiger partial charge in [-0.05, 0) is 24.3 Å². The molecule has 18 heavy (non-hydrogen) atoms. The Balaban J connectivity index is 1.96. The molecule has 2 atom stereocenters. The van der Waals surface area contributed by atoms with E-state index in [1.165, 1.54) is 11.8 Å². The van der Waals surface area contributed by atoms with Crippen LogP contribution in [0.25, 0.3) is 0 Å². The van der Waals surface area contributed by atoms with E-state index in [4.69, 9.17) is 17.0 Å². The fourth-order valence-corrected chi connectivity index (χ4v) is 6.33. The Morgan fingerprint density at radius 1 is 1.28 bits per heavy atom. The van der Waals surface area contributed by atoms with Crippen LogP contribution in [0, 0.1) is 5.41 Å². The summed E-state index contributed by atoms with van der Waals surface area (Å²) < 4.78 is 23.3. The third-order valence-electron chi connectivity index (χ3n) is 3.19. The smallest absolute Gasteiger partial charge is 0.161 e. The summed E-state index contributed by atoms with van der Waals surface area (Å²) in [4.78, 5) is 1.80. The first-order valence-electron chi connectivity index (χ1n) is 5.47. The summed E-state index contributed by atoms with van der Waals surface area (Å²) in [5.41, 5.74) is 0.835. The van der Waals surface area contributed by atoms with Gasteiger partial charge in [0.05, 0.1) is 17.5 Å². The highest BCUT2D eigenvalue weighted by atomic mass is 35.5. The van der Waals surface area contributed by atoms with Crippen LogP contribution < -0.4 is 4.90 Å². The summed E-state index contributed by atoms with van der Waals surface area (Å²) in [5, 5.41) is 9.02. The van der Waals surface area contributed by atoms with Gasteiger partial charge in [0.25, 0.3) is 0 Å². The van der Waals surface area contributed by atoms with Gasteiger partial charge >= 0.3 is 0 Å². The van der Waals surface area contributed by atoms with Gasteiger partial charge in [0.15, 0.2) is 15.0 Å². The molecule has 2 aliphatic rings. The molecule has 0 spiro atoms. The van der Waals surface area contributed by atoms with Crippen molar-refractivity contribution in [1.29, 1.82) is 5.41 Å².